The molecule has 0 bridgehead atoms. The summed E-state index contributed by atoms with van der Waals surface area (Å²) in [6, 6.07) is 13.1. The Bertz CT molecular complexity index is 557. The molecule has 0 aromatic heterocycles. The summed E-state index contributed by atoms with van der Waals surface area (Å²) in [5.74, 6) is -0.378. The van der Waals surface area contributed by atoms with Crippen LogP contribution in [-0.4, -0.2) is 0 Å². The van der Waals surface area contributed by atoms with E-state index in [4.69, 9.17) is 11.6 Å². The quantitative estimate of drug-likeness (QED) is 0.816. The fourth-order valence-electron chi connectivity index (χ4n) is 1.77. The first-order valence-electron chi connectivity index (χ1n) is 5.99. The fraction of sp³-hybridized carbons (Fsp3) is 0.200. The smallest absolute Gasteiger partial charge is 0.142 e. The van der Waals surface area contributed by atoms with Crippen LogP contribution < -0.4 is 5.32 Å². The first-order chi connectivity index (χ1) is 9.06. The summed E-state index contributed by atoms with van der Waals surface area (Å²) < 4.78 is 14.4. The van der Waals surface area contributed by atoms with E-state index in [0.29, 0.717) is 0 Å². The van der Waals surface area contributed by atoms with Gasteiger partial charge in [0.25, 0.3) is 0 Å². The molecule has 0 radical (unpaired) electrons. The monoisotopic (exact) mass is 341 g/mol. The molecule has 1 atom stereocenters. The minimum atomic E-state index is -0.378. The van der Waals surface area contributed by atoms with Crippen LogP contribution in [0.25, 0.3) is 0 Å². The minimum absolute atomic E-state index is 0.0652. The third-order valence-electron chi connectivity index (χ3n) is 2.97. The number of halogens is 3. The number of hydrogen-bond acceptors (Lipinski definition) is 1. The van der Waals surface area contributed by atoms with Gasteiger partial charge in [0.15, 0.2) is 0 Å². The van der Waals surface area contributed by atoms with Crippen molar-refractivity contribution in [1.82, 2.24) is 5.32 Å². The lowest BCUT2D eigenvalue weighted by molar-refractivity contribution is 0.565. The molecule has 1 N–H and O–H groups in total. The molecule has 0 saturated heterocycles. The molecular formula is C15H14BrClFN. The third kappa shape index (κ3) is 4.03. The Morgan fingerprint density at radius 3 is 2.53 bits per heavy atom. The molecule has 0 fully saturated rings. The van der Waals surface area contributed by atoms with E-state index in [1.54, 1.807) is 6.07 Å². The van der Waals surface area contributed by atoms with Crippen molar-refractivity contribution in [2.75, 3.05) is 0 Å². The van der Waals surface area contributed by atoms with Crippen LogP contribution in [0.2, 0.25) is 5.02 Å². The van der Waals surface area contributed by atoms with Crippen LogP contribution in [0.5, 0.6) is 0 Å². The summed E-state index contributed by atoms with van der Waals surface area (Å²) >= 11 is 9.08. The van der Waals surface area contributed by atoms with Gasteiger partial charge in [-0.1, -0.05) is 45.7 Å². The molecule has 0 aliphatic carbocycles. The number of hydrogen-bond donors (Lipinski definition) is 1. The van der Waals surface area contributed by atoms with Gasteiger partial charge in [-0.25, -0.2) is 4.39 Å². The van der Waals surface area contributed by atoms with Gasteiger partial charge in [-0.05, 0) is 42.3 Å². The van der Waals surface area contributed by atoms with Crippen LogP contribution >= 0.6 is 27.5 Å². The molecule has 1 nitrogen and oxygen atoms in total. The van der Waals surface area contributed by atoms with Crippen LogP contribution in [0.3, 0.4) is 0 Å². The van der Waals surface area contributed by atoms with Crippen LogP contribution in [0, 0.1) is 5.82 Å². The molecule has 4 heteroatoms. The highest BCUT2D eigenvalue weighted by molar-refractivity contribution is 9.10. The SMILES string of the molecule is CC(NCc1ccc(Br)cc1)c1ccc(Cl)c(F)c1. The van der Waals surface area contributed by atoms with Crippen molar-refractivity contribution in [2.45, 2.75) is 19.5 Å². The highest BCUT2D eigenvalue weighted by Gasteiger charge is 2.08. The minimum Gasteiger partial charge on any atom is -0.306 e. The maximum absolute atomic E-state index is 13.4. The molecule has 2 rings (SSSR count). The van der Waals surface area contributed by atoms with Crippen molar-refractivity contribution in [2.24, 2.45) is 0 Å². The largest absolute Gasteiger partial charge is 0.306 e. The second-order valence-corrected chi connectivity index (χ2v) is 5.73. The normalized spacial score (nSPS) is 12.4. The highest BCUT2D eigenvalue weighted by atomic mass is 79.9. The second-order valence-electron chi connectivity index (χ2n) is 4.40. The zero-order valence-electron chi connectivity index (χ0n) is 10.5. The lowest BCUT2D eigenvalue weighted by Crippen LogP contribution is -2.18. The van der Waals surface area contributed by atoms with E-state index >= 15 is 0 Å². The van der Waals surface area contributed by atoms with Crippen molar-refractivity contribution in [3.63, 3.8) is 0 Å². The van der Waals surface area contributed by atoms with E-state index in [9.17, 15) is 4.39 Å². The van der Waals surface area contributed by atoms with Gasteiger partial charge >= 0.3 is 0 Å². The molecule has 2 aromatic carbocycles. The summed E-state index contributed by atoms with van der Waals surface area (Å²) in [4.78, 5) is 0. The zero-order chi connectivity index (χ0) is 13.8. The molecular weight excluding hydrogens is 329 g/mol. The van der Waals surface area contributed by atoms with Crippen molar-refractivity contribution in [1.29, 1.82) is 0 Å². The van der Waals surface area contributed by atoms with Gasteiger partial charge in [-0.3, -0.25) is 0 Å². The average Bonchev–Trinajstić information content (AvgIpc) is 2.41. The van der Waals surface area contributed by atoms with Gasteiger partial charge in [0.1, 0.15) is 5.82 Å². The van der Waals surface area contributed by atoms with Crippen LogP contribution in [0.4, 0.5) is 4.39 Å². The molecule has 0 aliphatic heterocycles. The molecule has 0 aliphatic rings. The Kier molecular flexibility index (Phi) is 4.97. The summed E-state index contributed by atoms with van der Waals surface area (Å²) in [5.41, 5.74) is 2.07. The molecule has 0 heterocycles. The van der Waals surface area contributed by atoms with Crippen LogP contribution in [0.15, 0.2) is 46.9 Å². The Morgan fingerprint density at radius 1 is 1.21 bits per heavy atom. The predicted molar refractivity (Wildman–Crippen MR) is 80.8 cm³/mol. The molecule has 0 saturated carbocycles. The number of rotatable bonds is 4. The van der Waals surface area contributed by atoms with E-state index in [1.807, 2.05) is 37.3 Å². The molecule has 0 spiro atoms. The second kappa shape index (κ2) is 6.51. The number of nitrogens with one attached hydrogen (secondary N) is 1. The first-order valence-corrected chi connectivity index (χ1v) is 7.16. The Morgan fingerprint density at radius 2 is 1.89 bits per heavy atom. The Labute approximate surface area is 125 Å². The van der Waals surface area contributed by atoms with E-state index in [2.05, 4.69) is 21.2 Å². The van der Waals surface area contributed by atoms with Gasteiger partial charge in [0, 0.05) is 17.1 Å². The fourth-order valence-corrected chi connectivity index (χ4v) is 2.15. The van der Waals surface area contributed by atoms with Crippen molar-refractivity contribution >= 4 is 27.5 Å². The molecule has 0 amide bonds. The van der Waals surface area contributed by atoms with Crippen molar-refractivity contribution in [3.8, 4) is 0 Å². The van der Waals surface area contributed by atoms with E-state index in [-0.39, 0.29) is 16.9 Å². The van der Waals surface area contributed by atoms with E-state index in [1.165, 1.54) is 11.6 Å². The van der Waals surface area contributed by atoms with E-state index < -0.39 is 0 Å². The van der Waals surface area contributed by atoms with Gasteiger partial charge in [0.2, 0.25) is 0 Å². The lowest BCUT2D eigenvalue weighted by Gasteiger charge is -2.14. The molecule has 100 valence electrons. The summed E-state index contributed by atoms with van der Waals surface area (Å²) in [5, 5.41) is 3.51. The molecule has 19 heavy (non-hydrogen) atoms. The van der Waals surface area contributed by atoms with Crippen molar-refractivity contribution < 1.29 is 4.39 Å². The van der Waals surface area contributed by atoms with Crippen molar-refractivity contribution in [3.05, 3.63) is 68.9 Å². The summed E-state index contributed by atoms with van der Waals surface area (Å²) in [6.45, 7) is 2.74. The molecule has 1 unspecified atom stereocenters. The van der Waals surface area contributed by atoms with Crippen LogP contribution in [-0.2, 0) is 6.54 Å². The van der Waals surface area contributed by atoms with Gasteiger partial charge < -0.3 is 5.32 Å². The molecule has 2 aromatic rings. The highest BCUT2D eigenvalue weighted by Crippen LogP contribution is 2.20. The zero-order valence-corrected chi connectivity index (χ0v) is 12.8. The van der Waals surface area contributed by atoms with Crippen LogP contribution in [0.1, 0.15) is 24.1 Å². The van der Waals surface area contributed by atoms with Gasteiger partial charge in [-0.2, -0.15) is 0 Å². The Hall–Kier alpha value is -0.900. The standard InChI is InChI=1S/C15H14BrClFN/c1-10(12-4-7-14(17)15(18)8-12)19-9-11-2-5-13(16)6-3-11/h2-8,10,19H,9H2,1H3. The maximum atomic E-state index is 13.4. The van der Waals surface area contributed by atoms with E-state index in [0.717, 1.165) is 16.6 Å². The predicted octanol–water partition coefficient (Wildman–Crippen LogP) is 5.09. The number of benzene rings is 2. The van der Waals surface area contributed by atoms with Gasteiger partial charge in [-0.15, -0.1) is 0 Å². The Balaban J connectivity index is 1.98. The average molecular weight is 343 g/mol. The first kappa shape index (κ1) is 14.5. The van der Waals surface area contributed by atoms with Gasteiger partial charge in [0.05, 0.1) is 5.02 Å². The third-order valence-corrected chi connectivity index (χ3v) is 3.80. The lowest BCUT2D eigenvalue weighted by atomic mass is 10.1. The maximum Gasteiger partial charge on any atom is 0.142 e. The topological polar surface area (TPSA) is 12.0 Å². The summed E-state index contributed by atoms with van der Waals surface area (Å²) in [6.07, 6.45) is 0. The summed E-state index contributed by atoms with van der Waals surface area (Å²) in [7, 11) is 0.